The van der Waals surface area contributed by atoms with E-state index in [1.165, 1.54) is 4.90 Å². The molecule has 1 aliphatic rings. The molecule has 15 heavy (non-hydrogen) atoms. The van der Waals surface area contributed by atoms with E-state index < -0.39 is 11.6 Å². The van der Waals surface area contributed by atoms with Crippen LogP contribution in [0.4, 0.5) is 0 Å². The third-order valence-corrected chi connectivity index (χ3v) is 2.29. The van der Waals surface area contributed by atoms with Crippen LogP contribution in [0.1, 0.15) is 10.4 Å². The summed E-state index contributed by atoms with van der Waals surface area (Å²) < 4.78 is 0. The molecule has 1 aromatic rings. The highest BCUT2D eigenvalue weighted by molar-refractivity contribution is 6.41. The van der Waals surface area contributed by atoms with Crippen molar-refractivity contribution in [2.75, 3.05) is 13.1 Å². The Bertz CT molecular complexity index is 409. The monoisotopic (exact) mass is 203 g/mol. The number of benzene rings is 1. The molecule has 1 aliphatic heterocycles. The Morgan fingerprint density at radius 1 is 1.00 bits per heavy atom. The fourth-order valence-electron chi connectivity index (χ4n) is 1.49. The molecule has 2 rings (SSSR count). The first-order chi connectivity index (χ1) is 7.18. The normalized spacial score (nSPS) is 15.9. The summed E-state index contributed by atoms with van der Waals surface area (Å²) in [5, 5.41) is 0. The summed E-state index contributed by atoms with van der Waals surface area (Å²) in [6.45, 7) is -0.181. The molecular formula is C11H9NO3. The van der Waals surface area contributed by atoms with Crippen LogP contribution in [-0.4, -0.2) is 35.5 Å². The Morgan fingerprint density at radius 2 is 1.53 bits per heavy atom. The summed E-state index contributed by atoms with van der Waals surface area (Å²) in [5.74, 6) is -1.24. The molecule has 0 N–H and O–H groups in total. The van der Waals surface area contributed by atoms with Crippen molar-refractivity contribution in [3.8, 4) is 0 Å². The zero-order valence-corrected chi connectivity index (χ0v) is 7.97. The highest BCUT2D eigenvalue weighted by Crippen LogP contribution is 2.08. The zero-order valence-electron chi connectivity index (χ0n) is 7.97. The van der Waals surface area contributed by atoms with Crippen molar-refractivity contribution in [3.05, 3.63) is 35.9 Å². The van der Waals surface area contributed by atoms with Gasteiger partial charge in [-0.15, -0.1) is 0 Å². The van der Waals surface area contributed by atoms with Gasteiger partial charge in [-0.25, -0.2) is 0 Å². The summed E-state index contributed by atoms with van der Waals surface area (Å²) in [4.78, 5) is 35.0. The third kappa shape index (κ3) is 1.79. The van der Waals surface area contributed by atoms with E-state index in [4.69, 9.17) is 0 Å². The van der Waals surface area contributed by atoms with Gasteiger partial charge in [-0.05, 0) is 12.1 Å². The van der Waals surface area contributed by atoms with Crippen molar-refractivity contribution in [3.63, 3.8) is 0 Å². The Kier molecular flexibility index (Phi) is 2.33. The SMILES string of the molecule is O=C1CN(C(=O)c2ccccc2)CC1=O. The Morgan fingerprint density at radius 3 is 2.07 bits per heavy atom. The lowest BCUT2D eigenvalue weighted by Crippen LogP contribution is -2.29. The van der Waals surface area contributed by atoms with E-state index in [-0.39, 0.29) is 19.0 Å². The van der Waals surface area contributed by atoms with E-state index in [0.717, 1.165) is 0 Å². The van der Waals surface area contributed by atoms with Gasteiger partial charge in [-0.3, -0.25) is 14.4 Å². The Hall–Kier alpha value is -1.97. The van der Waals surface area contributed by atoms with Crippen LogP contribution >= 0.6 is 0 Å². The smallest absolute Gasteiger partial charge is 0.254 e. The average molecular weight is 203 g/mol. The first-order valence-corrected chi connectivity index (χ1v) is 4.59. The first-order valence-electron chi connectivity index (χ1n) is 4.59. The van der Waals surface area contributed by atoms with Gasteiger partial charge in [0.1, 0.15) is 0 Å². The summed E-state index contributed by atoms with van der Waals surface area (Å²) in [6.07, 6.45) is 0. The summed E-state index contributed by atoms with van der Waals surface area (Å²) in [7, 11) is 0. The topological polar surface area (TPSA) is 54.5 Å². The van der Waals surface area contributed by atoms with E-state index in [0.29, 0.717) is 5.56 Å². The van der Waals surface area contributed by atoms with Crippen LogP contribution in [0.3, 0.4) is 0 Å². The summed E-state index contributed by atoms with van der Waals surface area (Å²) in [6, 6.07) is 8.61. The number of carbonyl (C=O) groups is 3. The van der Waals surface area contributed by atoms with E-state index in [9.17, 15) is 14.4 Å². The van der Waals surface area contributed by atoms with Crippen molar-refractivity contribution in [2.45, 2.75) is 0 Å². The third-order valence-electron chi connectivity index (χ3n) is 2.29. The molecule has 1 amide bonds. The number of nitrogens with zero attached hydrogens (tertiary/aromatic N) is 1. The molecule has 1 fully saturated rings. The summed E-state index contributed by atoms with van der Waals surface area (Å²) >= 11 is 0. The molecule has 0 saturated carbocycles. The average Bonchev–Trinajstić information content (AvgIpc) is 2.59. The molecule has 4 nitrogen and oxygen atoms in total. The van der Waals surface area contributed by atoms with Crippen molar-refractivity contribution < 1.29 is 14.4 Å². The van der Waals surface area contributed by atoms with Crippen LogP contribution in [0.15, 0.2) is 30.3 Å². The maximum absolute atomic E-state index is 11.8. The number of ketones is 2. The predicted molar refractivity (Wildman–Crippen MR) is 52.4 cm³/mol. The van der Waals surface area contributed by atoms with Crippen molar-refractivity contribution in [1.29, 1.82) is 0 Å². The van der Waals surface area contributed by atoms with Gasteiger partial charge in [-0.2, -0.15) is 0 Å². The van der Waals surface area contributed by atoms with Gasteiger partial charge < -0.3 is 4.90 Å². The molecular weight excluding hydrogens is 194 g/mol. The van der Waals surface area contributed by atoms with E-state index >= 15 is 0 Å². The minimum atomic E-state index is -0.487. The van der Waals surface area contributed by atoms with Gasteiger partial charge >= 0.3 is 0 Å². The number of hydrogen-bond donors (Lipinski definition) is 0. The summed E-state index contributed by atoms with van der Waals surface area (Å²) in [5.41, 5.74) is 0.500. The minimum absolute atomic E-state index is 0.0907. The van der Waals surface area contributed by atoms with Crippen LogP contribution in [0.5, 0.6) is 0 Å². The maximum Gasteiger partial charge on any atom is 0.254 e. The molecule has 1 aromatic carbocycles. The second-order valence-electron chi connectivity index (χ2n) is 3.37. The van der Waals surface area contributed by atoms with E-state index in [1.807, 2.05) is 0 Å². The van der Waals surface area contributed by atoms with Gasteiger partial charge in [0, 0.05) is 5.56 Å². The minimum Gasteiger partial charge on any atom is -0.323 e. The molecule has 76 valence electrons. The number of Topliss-reactive ketones (excluding diaryl/α,β-unsaturated/α-hetero) is 2. The zero-order chi connectivity index (χ0) is 10.8. The highest BCUT2D eigenvalue weighted by atomic mass is 16.2. The second kappa shape index (κ2) is 3.65. The van der Waals surface area contributed by atoms with E-state index in [2.05, 4.69) is 0 Å². The van der Waals surface area contributed by atoms with E-state index in [1.54, 1.807) is 30.3 Å². The van der Waals surface area contributed by atoms with Crippen molar-refractivity contribution >= 4 is 17.5 Å². The Balaban J connectivity index is 2.17. The number of carbonyl (C=O) groups excluding carboxylic acids is 3. The standard InChI is InChI=1S/C11H9NO3/c13-9-6-12(7-10(9)14)11(15)8-4-2-1-3-5-8/h1-5H,6-7H2. The highest BCUT2D eigenvalue weighted by Gasteiger charge is 2.31. The van der Waals surface area contributed by atoms with Crippen molar-refractivity contribution in [2.24, 2.45) is 0 Å². The Labute approximate surface area is 86.5 Å². The quantitative estimate of drug-likeness (QED) is 0.616. The lowest BCUT2D eigenvalue weighted by molar-refractivity contribution is -0.132. The predicted octanol–water partition coefficient (Wildman–Crippen LogP) is 0.281. The van der Waals surface area contributed by atoms with Gasteiger partial charge in [-0.1, -0.05) is 18.2 Å². The number of likely N-dealkylation sites (tertiary alicyclic amines) is 1. The van der Waals surface area contributed by atoms with Gasteiger partial charge in [0.15, 0.2) is 0 Å². The largest absolute Gasteiger partial charge is 0.323 e. The maximum atomic E-state index is 11.8. The molecule has 0 unspecified atom stereocenters. The van der Waals surface area contributed by atoms with Gasteiger partial charge in [0.2, 0.25) is 11.6 Å². The fourth-order valence-corrected chi connectivity index (χ4v) is 1.49. The molecule has 0 radical (unpaired) electrons. The first kappa shape index (κ1) is 9.58. The lowest BCUT2D eigenvalue weighted by atomic mass is 10.2. The van der Waals surface area contributed by atoms with Crippen LogP contribution in [0.2, 0.25) is 0 Å². The van der Waals surface area contributed by atoms with Gasteiger partial charge in [0.05, 0.1) is 13.1 Å². The molecule has 4 heteroatoms. The van der Waals surface area contributed by atoms with Gasteiger partial charge in [0.25, 0.3) is 5.91 Å². The lowest BCUT2D eigenvalue weighted by Gasteiger charge is -2.12. The number of amides is 1. The molecule has 0 aliphatic carbocycles. The van der Waals surface area contributed by atoms with Crippen LogP contribution < -0.4 is 0 Å². The van der Waals surface area contributed by atoms with Crippen LogP contribution in [0.25, 0.3) is 0 Å². The molecule has 0 spiro atoms. The molecule has 0 atom stereocenters. The fraction of sp³-hybridized carbons (Fsp3) is 0.182. The molecule has 1 saturated heterocycles. The van der Waals surface area contributed by atoms with Crippen LogP contribution in [-0.2, 0) is 9.59 Å². The molecule has 0 bridgehead atoms. The molecule has 1 heterocycles. The number of rotatable bonds is 1. The number of hydrogen-bond acceptors (Lipinski definition) is 3. The second-order valence-corrected chi connectivity index (χ2v) is 3.37. The molecule has 0 aromatic heterocycles. The van der Waals surface area contributed by atoms with Crippen LogP contribution in [0, 0.1) is 0 Å². The van der Waals surface area contributed by atoms with Crippen molar-refractivity contribution in [1.82, 2.24) is 4.90 Å².